The second kappa shape index (κ2) is 7.20. The van der Waals surface area contributed by atoms with Gasteiger partial charge in [0.25, 0.3) is 0 Å². The van der Waals surface area contributed by atoms with E-state index in [0.29, 0.717) is 0 Å². The van der Waals surface area contributed by atoms with Crippen LogP contribution < -0.4 is 18.9 Å². The number of hydrazone groups is 1. The van der Waals surface area contributed by atoms with Gasteiger partial charge in [0, 0.05) is 27.6 Å². The topological polar surface area (TPSA) is 52.5 Å². The maximum atomic E-state index is 6.43. The van der Waals surface area contributed by atoms with Crippen LogP contribution in [0, 0.1) is 0 Å². The van der Waals surface area contributed by atoms with Gasteiger partial charge in [-0.1, -0.05) is 15.9 Å². The van der Waals surface area contributed by atoms with Crippen LogP contribution in [0.5, 0.6) is 23.0 Å². The van der Waals surface area contributed by atoms with Gasteiger partial charge in [-0.25, -0.2) is 5.01 Å². The summed E-state index contributed by atoms with van der Waals surface area (Å²) in [5, 5.41) is 7.08. The number of halogens is 1. The van der Waals surface area contributed by atoms with Gasteiger partial charge < -0.3 is 18.9 Å². The van der Waals surface area contributed by atoms with E-state index < -0.39 is 0 Å². The molecular formula is C24H19BrN2O4. The van der Waals surface area contributed by atoms with E-state index in [1.807, 2.05) is 54.6 Å². The summed E-state index contributed by atoms with van der Waals surface area (Å²) >= 11 is 3.60. The number of hydrogen-bond donors (Lipinski definition) is 0. The lowest BCUT2D eigenvalue weighted by Gasteiger charge is -2.38. The standard InChI is InChI=1S/C24H19BrN2O4/c1-28-17-6-2-14(3-7-17)24-27-20(18-11-16(25)5-9-21(18)31-24)12-19(26-27)15-4-8-22-23(10-15)30-13-29-22/h2-11,20,24H,12-13H2,1H3/t20-,24+/m0/s1. The van der Waals surface area contributed by atoms with Crippen molar-refractivity contribution >= 4 is 21.6 Å². The van der Waals surface area contributed by atoms with Crippen molar-refractivity contribution in [2.24, 2.45) is 5.10 Å². The van der Waals surface area contributed by atoms with Crippen LogP contribution in [0.1, 0.15) is 35.4 Å². The van der Waals surface area contributed by atoms with Crippen LogP contribution in [0.3, 0.4) is 0 Å². The summed E-state index contributed by atoms with van der Waals surface area (Å²) in [5.41, 5.74) is 4.18. The molecule has 0 aliphatic carbocycles. The molecule has 3 heterocycles. The highest BCUT2D eigenvalue weighted by Gasteiger charge is 2.41. The third-order valence-corrected chi connectivity index (χ3v) is 6.35. The molecule has 6 nitrogen and oxygen atoms in total. The van der Waals surface area contributed by atoms with E-state index in [0.717, 1.165) is 56.3 Å². The van der Waals surface area contributed by atoms with Crippen LogP contribution in [-0.2, 0) is 0 Å². The van der Waals surface area contributed by atoms with Crippen LogP contribution in [0.2, 0.25) is 0 Å². The lowest BCUT2D eigenvalue weighted by molar-refractivity contribution is -0.0191. The highest BCUT2D eigenvalue weighted by molar-refractivity contribution is 9.10. The van der Waals surface area contributed by atoms with E-state index >= 15 is 0 Å². The van der Waals surface area contributed by atoms with E-state index in [4.69, 9.17) is 24.0 Å². The lowest BCUT2D eigenvalue weighted by atomic mass is 9.96. The summed E-state index contributed by atoms with van der Waals surface area (Å²) in [6.07, 6.45) is 0.454. The van der Waals surface area contributed by atoms with E-state index in [2.05, 4.69) is 27.0 Å². The number of rotatable bonds is 3. The molecule has 0 saturated carbocycles. The Bertz CT molecular complexity index is 1190. The van der Waals surface area contributed by atoms with E-state index in [9.17, 15) is 0 Å². The molecule has 3 aromatic carbocycles. The Labute approximate surface area is 188 Å². The first-order valence-electron chi connectivity index (χ1n) is 10.1. The number of methoxy groups -OCH3 is 1. The van der Waals surface area contributed by atoms with Crippen LogP contribution in [0.4, 0.5) is 0 Å². The van der Waals surface area contributed by atoms with E-state index in [-0.39, 0.29) is 19.1 Å². The molecule has 31 heavy (non-hydrogen) atoms. The predicted octanol–water partition coefficient (Wildman–Crippen LogP) is 5.43. The van der Waals surface area contributed by atoms with Crippen molar-refractivity contribution in [2.45, 2.75) is 18.7 Å². The molecule has 156 valence electrons. The first-order valence-corrected chi connectivity index (χ1v) is 10.8. The normalized spacial score (nSPS) is 20.6. The molecule has 0 fully saturated rings. The van der Waals surface area contributed by atoms with Crippen molar-refractivity contribution in [1.29, 1.82) is 0 Å². The number of benzene rings is 3. The van der Waals surface area contributed by atoms with Crippen LogP contribution >= 0.6 is 15.9 Å². The Hall–Kier alpha value is -3.19. The molecule has 3 aromatic rings. The fourth-order valence-electron chi connectivity index (χ4n) is 4.30. The third kappa shape index (κ3) is 3.11. The fourth-order valence-corrected chi connectivity index (χ4v) is 4.68. The van der Waals surface area contributed by atoms with Gasteiger partial charge in [0.2, 0.25) is 13.0 Å². The zero-order valence-corrected chi connectivity index (χ0v) is 18.3. The second-order valence-corrected chi connectivity index (χ2v) is 8.56. The Morgan fingerprint density at radius 1 is 0.968 bits per heavy atom. The summed E-state index contributed by atoms with van der Waals surface area (Å²) in [6, 6.07) is 20.2. The quantitative estimate of drug-likeness (QED) is 0.502. The highest BCUT2D eigenvalue weighted by atomic mass is 79.9. The SMILES string of the molecule is COc1ccc([C@H]2Oc3ccc(Br)cc3[C@@H]3CC(c4ccc5c(c4)OCO5)=NN23)cc1. The van der Waals surface area contributed by atoms with Crippen LogP contribution in [0.15, 0.2) is 70.2 Å². The van der Waals surface area contributed by atoms with Gasteiger partial charge in [-0.2, -0.15) is 5.10 Å². The lowest BCUT2D eigenvalue weighted by Crippen LogP contribution is -2.33. The summed E-state index contributed by atoms with van der Waals surface area (Å²) < 4.78 is 23.8. The smallest absolute Gasteiger partial charge is 0.231 e. The highest BCUT2D eigenvalue weighted by Crippen LogP contribution is 2.48. The first-order chi connectivity index (χ1) is 15.2. The fraction of sp³-hybridized carbons (Fsp3) is 0.208. The predicted molar refractivity (Wildman–Crippen MR) is 119 cm³/mol. The van der Waals surface area contributed by atoms with Crippen LogP contribution in [0.25, 0.3) is 0 Å². The molecule has 0 spiro atoms. The van der Waals surface area contributed by atoms with Gasteiger partial charge in [0.05, 0.1) is 18.9 Å². The maximum absolute atomic E-state index is 6.43. The Kier molecular flexibility index (Phi) is 4.31. The Morgan fingerprint density at radius 2 is 1.77 bits per heavy atom. The molecule has 0 N–H and O–H groups in total. The molecule has 0 radical (unpaired) electrons. The number of hydrogen-bond acceptors (Lipinski definition) is 6. The zero-order valence-electron chi connectivity index (χ0n) is 16.7. The van der Waals surface area contributed by atoms with Crippen molar-refractivity contribution in [2.75, 3.05) is 13.9 Å². The Balaban J connectivity index is 1.42. The van der Waals surface area contributed by atoms with Gasteiger partial charge in [0.1, 0.15) is 11.5 Å². The average molecular weight is 479 g/mol. The molecule has 6 rings (SSSR count). The maximum Gasteiger partial charge on any atom is 0.231 e. The van der Waals surface area contributed by atoms with Crippen molar-refractivity contribution in [3.63, 3.8) is 0 Å². The molecule has 0 saturated heterocycles. The largest absolute Gasteiger partial charge is 0.497 e. The zero-order chi connectivity index (χ0) is 20.9. The molecule has 3 aliphatic heterocycles. The first kappa shape index (κ1) is 18.6. The van der Waals surface area contributed by atoms with Crippen molar-refractivity contribution in [3.05, 3.63) is 81.8 Å². The van der Waals surface area contributed by atoms with Crippen LogP contribution in [-0.4, -0.2) is 24.6 Å². The number of fused-ring (bicyclic) bond motifs is 4. The average Bonchev–Trinajstić information content (AvgIpc) is 3.45. The van der Waals surface area contributed by atoms with Crippen molar-refractivity contribution in [1.82, 2.24) is 5.01 Å². The molecule has 0 bridgehead atoms. The van der Waals surface area contributed by atoms with Gasteiger partial charge in [-0.05, 0) is 60.7 Å². The summed E-state index contributed by atoms with van der Waals surface area (Å²) in [5.74, 6) is 3.23. The molecule has 0 unspecified atom stereocenters. The van der Waals surface area contributed by atoms with Crippen molar-refractivity contribution in [3.8, 4) is 23.0 Å². The monoisotopic (exact) mass is 478 g/mol. The summed E-state index contributed by atoms with van der Waals surface area (Å²) in [6.45, 7) is 0.259. The minimum Gasteiger partial charge on any atom is -0.497 e. The number of ether oxygens (including phenoxy) is 4. The molecule has 0 aromatic heterocycles. The van der Waals surface area contributed by atoms with Gasteiger partial charge in [-0.3, -0.25) is 0 Å². The van der Waals surface area contributed by atoms with Gasteiger partial charge in [-0.15, -0.1) is 0 Å². The minimum absolute atomic E-state index is 0.0776. The molecule has 0 amide bonds. The second-order valence-electron chi connectivity index (χ2n) is 7.64. The summed E-state index contributed by atoms with van der Waals surface area (Å²) in [7, 11) is 1.67. The molecular weight excluding hydrogens is 460 g/mol. The molecule has 3 aliphatic rings. The van der Waals surface area contributed by atoms with E-state index in [1.54, 1.807) is 7.11 Å². The summed E-state index contributed by atoms with van der Waals surface area (Å²) in [4.78, 5) is 0. The number of nitrogens with zero attached hydrogens (tertiary/aromatic N) is 2. The minimum atomic E-state index is -0.323. The third-order valence-electron chi connectivity index (χ3n) is 5.86. The Morgan fingerprint density at radius 3 is 2.61 bits per heavy atom. The van der Waals surface area contributed by atoms with Crippen molar-refractivity contribution < 1.29 is 18.9 Å². The van der Waals surface area contributed by atoms with E-state index in [1.165, 1.54) is 0 Å². The van der Waals surface area contributed by atoms with Gasteiger partial charge in [0.15, 0.2) is 11.5 Å². The molecule has 7 heteroatoms. The molecule has 2 atom stereocenters. The van der Waals surface area contributed by atoms with Gasteiger partial charge >= 0.3 is 0 Å².